The summed E-state index contributed by atoms with van der Waals surface area (Å²) in [5.41, 5.74) is 0. The standard InChI is InChI=1S/C8H13NO3S.I2/c10-7-4-5-9-13(11,12)8-3-1-2-6(7)8;1-2/h6,8-9H,1-5H2;. The quantitative estimate of drug-likeness (QED) is 0.565. The summed E-state index contributed by atoms with van der Waals surface area (Å²) in [5.74, 6) is -0.101. The molecule has 0 radical (unpaired) electrons. The maximum absolute atomic E-state index is 11.6. The summed E-state index contributed by atoms with van der Waals surface area (Å²) in [6.45, 7) is 0.286. The maximum atomic E-state index is 11.6. The van der Waals surface area contributed by atoms with Gasteiger partial charge in [-0.1, -0.05) is 6.42 Å². The van der Waals surface area contributed by atoms with E-state index in [4.69, 9.17) is 0 Å². The topological polar surface area (TPSA) is 63.2 Å². The Balaban J connectivity index is 0.000000531. The summed E-state index contributed by atoms with van der Waals surface area (Å²) in [6, 6.07) is 0. The Hall–Kier alpha value is 1.04. The molecule has 0 aromatic carbocycles. The normalized spacial score (nSPS) is 33.6. The molecule has 2 atom stereocenters. The van der Waals surface area contributed by atoms with Crippen LogP contribution in [0.2, 0.25) is 0 Å². The van der Waals surface area contributed by atoms with Gasteiger partial charge in [-0.2, -0.15) is 0 Å². The maximum Gasteiger partial charge on any atom is 0.215 e. The molecule has 0 bridgehead atoms. The zero-order valence-electron chi connectivity index (χ0n) is 8.08. The first-order valence-corrected chi connectivity index (χ1v) is 12.6. The van der Waals surface area contributed by atoms with E-state index in [1.54, 1.807) is 0 Å². The highest BCUT2D eigenvalue weighted by molar-refractivity contribution is 15.0. The number of halogens is 2. The molecule has 7 heteroatoms. The number of rotatable bonds is 0. The zero-order valence-corrected chi connectivity index (χ0v) is 13.2. The van der Waals surface area contributed by atoms with Gasteiger partial charge < -0.3 is 0 Å². The largest absolute Gasteiger partial charge is 0.299 e. The lowest BCUT2D eigenvalue weighted by atomic mass is 10.0. The van der Waals surface area contributed by atoms with Crippen LogP contribution in [0, 0.1) is 5.92 Å². The number of carbonyl (C=O) groups is 1. The average Bonchev–Trinajstić information content (AvgIpc) is 2.66. The SMILES string of the molecule is II.O=C1CCNS(=O)(=O)C2CCCC12. The molecule has 2 fully saturated rings. The molecule has 1 N–H and O–H groups in total. The molecule has 0 aromatic rings. The number of nitrogens with one attached hydrogen (secondary N) is 1. The third-order valence-corrected chi connectivity index (χ3v) is 4.91. The second kappa shape index (κ2) is 6.10. The van der Waals surface area contributed by atoms with Gasteiger partial charge in [0.15, 0.2) is 0 Å². The number of sulfonamides is 1. The molecule has 2 unspecified atom stereocenters. The van der Waals surface area contributed by atoms with E-state index in [1.807, 2.05) is 0 Å². The third kappa shape index (κ3) is 3.25. The Labute approximate surface area is 113 Å². The van der Waals surface area contributed by atoms with E-state index >= 15 is 0 Å². The summed E-state index contributed by atoms with van der Waals surface area (Å²) < 4.78 is 25.6. The van der Waals surface area contributed by atoms with Gasteiger partial charge in [0.1, 0.15) is 5.78 Å². The van der Waals surface area contributed by atoms with Crippen LogP contribution in [0.4, 0.5) is 0 Å². The first-order chi connectivity index (χ1) is 7.11. The van der Waals surface area contributed by atoms with Crippen LogP contribution in [0.3, 0.4) is 0 Å². The van der Waals surface area contributed by atoms with Crippen LogP contribution in [0.15, 0.2) is 0 Å². The fourth-order valence-electron chi connectivity index (χ4n) is 2.27. The highest BCUT2D eigenvalue weighted by Gasteiger charge is 2.42. The van der Waals surface area contributed by atoms with Crippen molar-refractivity contribution in [2.45, 2.75) is 30.9 Å². The molecule has 0 spiro atoms. The van der Waals surface area contributed by atoms with Crippen molar-refractivity contribution in [3.05, 3.63) is 0 Å². The second-order valence-electron chi connectivity index (χ2n) is 3.73. The summed E-state index contributed by atoms with van der Waals surface area (Å²) >= 11 is 4.24. The molecular formula is C8H13I2NO3S. The molecule has 1 heterocycles. The van der Waals surface area contributed by atoms with Crippen LogP contribution < -0.4 is 4.72 Å². The van der Waals surface area contributed by atoms with Gasteiger partial charge in [0, 0.05) is 56.1 Å². The van der Waals surface area contributed by atoms with Gasteiger partial charge >= 0.3 is 0 Å². The second-order valence-corrected chi connectivity index (χ2v) is 5.72. The van der Waals surface area contributed by atoms with E-state index < -0.39 is 15.3 Å². The fourth-order valence-corrected chi connectivity index (χ4v) is 4.07. The van der Waals surface area contributed by atoms with Crippen LogP contribution in [0.5, 0.6) is 0 Å². The van der Waals surface area contributed by atoms with E-state index in [9.17, 15) is 13.2 Å². The Morgan fingerprint density at radius 3 is 2.60 bits per heavy atom. The van der Waals surface area contributed by atoms with Gasteiger partial charge in [-0.25, -0.2) is 13.1 Å². The predicted molar refractivity (Wildman–Crippen MR) is 75.7 cm³/mol. The third-order valence-electron chi connectivity index (χ3n) is 2.94. The Morgan fingerprint density at radius 2 is 1.93 bits per heavy atom. The lowest BCUT2D eigenvalue weighted by Crippen LogP contribution is -2.34. The molecule has 1 aliphatic heterocycles. The molecule has 2 aliphatic rings. The molecule has 88 valence electrons. The highest BCUT2D eigenvalue weighted by Crippen LogP contribution is 2.33. The van der Waals surface area contributed by atoms with Gasteiger partial charge in [0.25, 0.3) is 0 Å². The van der Waals surface area contributed by atoms with Crippen LogP contribution in [-0.4, -0.2) is 26.0 Å². The van der Waals surface area contributed by atoms with E-state index in [0.29, 0.717) is 12.8 Å². The predicted octanol–water partition coefficient (Wildman–Crippen LogP) is 1.82. The molecule has 1 aliphatic carbocycles. The molecule has 0 amide bonds. The van der Waals surface area contributed by atoms with Gasteiger partial charge in [-0.3, -0.25) is 4.79 Å². The smallest absolute Gasteiger partial charge is 0.215 e. The highest BCUT2D eigenvalue weighted by atomic mass is 128. The van der Waals surface area contributed by atoms with Crippen LogP contribution in [0.25, 0.3) is 0 Å². The molecular weight excluding hydrogens is 444 g/mol. The van der Waals surface area contributed by atoms with Gasteiger partial charge in [-0.05, 0) is 12.8 Å². The zero-order chi connectivity index (χ0) is 11.5. The minimum absolute atomic E-state index is 0.121. The fraction of sp³-hybridized carbons (Fsp3) is 0.875. The van der Waals surface area contributed by atoms with E-state index in [-0.39, 0.29) is 18.2 Å². The van der Waals surface area contributed by atoms with E-state index in [0.717, 1.165) is 12.8 Å². The molecule has 2 rings (SSSR count). The molecule has 1 saturated heterocycles. The Bertz CT molecular complexity index is 331. The van der Waals surface area contributed by atoms with Crippen molar-refractivity contribution in [3.63, 3.8) is 0 Å². The van der Waals surface area contributed by atoms with E-state index in [2.05, 4.69) is 42.0 Å². The number of hydrogen-bond acceptors (Lipinski definition) is 3. The number of fused-ring (bicyclic) bond motifs is 1. The minimum Gasteiger partial charge on any atom is -0.299 e. The Morgan fingerprint density at radius 1 is 1.27 bits per heavy atom. The van der Waals surface area contributed by atoms with Gasteiger partial charge in [0.05, 0.1) is 5.25 Å². The first kappa shape index (κ1) is 14.1. The van der Waals surface area contributed by atoms with Crippen molar-refractivity contribution in [1.29, 1.82) is 0 Å². The summed E-state index contributed by atoms with van der Waals surface area (Å²) in [5, 5.41) is -0.442. The molecule has 1 saturated carbocycles. The number of carbonyl (C=O) groups excluding carboxylic acids is 1. The van der Waals surface area contributed by atoms with Crippen molar-refractivity contribution in [2.75, 3.05) is 6.54 Å². The van der Waals surface area contributed by atoms with Crippen molar-refractivity contribution in [1.82, 2.24) is 4.72 Å². The lowest BCUT2D eigenvalue weighted by molar-refractivity contribution is -0.122. The number of ketones is 1. The van der Waals surface area contributed by atoms with Crippen molar-refractivity contribution in [3.8, 4) is 0 Å². The van der Waals surface area contributed by atoms with Gasteiger partial charge in [-0.15, -0.1) is 0 Å². The van der Waals surface area contributed by atoms with Crippen molar-refractivity contribution in [2.24, 2.45) is 5.92 Å². The molecule has 0 aromatic heterocycles. The number of Topliss-reactive ketones (excluding diaryl/α,β-unsaturated/α-hetero) is 1. The van der Waals surface area contributed by atoms with Crippen LogP contribution >= 0.6 is 37.2 Å². The summed E-state index contributed by atoms with van der Waals surface area (Å²) in [6.07, 6.45) is 2.62. The van der Waals surface area contributed by atoms with Crippen molar-refractivity contribution < 1.29 is 13.2 Å². The van der Waals surface area contributed by atoms with Gasteiger partial charge in [0.2, 0.25) is 10.0 Å². The first-order valence-electron chi connectivity index (χ1n) is 4.77. The monoisotopic (exact) mass is 457 g/mol. The Kier molecular flexibility index (Phi) is 5.74. The molecule has 15 heavy (non-hydrogen) atoms. The minimum atomic E-state index is -3.20. The molecule has 4 nitrogen and oxygen atoms in total. The lowest BCUT2D eigenvalue weighted by Gasteiger charge is -2.13. The van der Waals surface area contributed by atoms with E-state index in [1.165, 1.54) is 0 Å². The van der Waals surface area contributed by atoms with Crippen LogP contribution in [-0.2, 0) is 14.8 Å². The summed E-state index contributed by atoms with van der Waals surface area (Å²) in [4.78, 5) is 11.5. The van der Waals surface area contributed by atoms with Crippen LogP contribution in [0.1, 0.15) is 25.7 Å². The van der Waals surface area contributed by atoms with Crippen molar-refractivity contribution >= 4 is 53.0 Å². The average molecular weight is 457 g/mol. The summed E-state index contributed by atoms with van der Waals surface area (Å²) in [7, 11) is -3.20. The number of hydrogen-bond donors (Lipinski definition) is 1.